The van der Waals surface area contributed by atoms with Gasteiger partial charge in [-0.2, -0.15) is 0 Å². The summed E-state index contributed by atoms with van der Waals surface area (Å²) in [7, 11) is 0. The molecule has 3 aromatic rings. The molecule has 0 fully saturated rings. The van der Waals surface area contributed by atoms with E-state index in [0.717, 1.165) is 35.7 Å². The predicted molar refractivity (Wildman–Crippen MR) is 126 cm³/mol. The van der Waals surface area contributed by atoms with Crippen molar-refractivity contribution in [2.45, 2.75) is 59.3 Å². The van der Waals surface area contributed by atoms with Gasteiger partial charge < -0.3 is 14.0 Å². The van der Waals surface area contributed by atoms with Crippen LogP contribution in [0.5, 0.6) is 5.75 Å². The molecule has 0 spiro atoms. The third-order valence-corrected chi connectivity index (χ3v) is 5.60. The molecule has 0 saturated heterocycles. The smallest absolute Gasteiger partial charge is 0.140 e. The third-order valence-electron chi connectivity index (χ3n) is 5.60. The second-order valence-electron chi connectivity index (χ2n) is 8.18. The maximum Gasteiger partial charge on any atom is 0.140 e. The molecule has 0 atom stereocenters. The standard InChI is InChI=1S/C26H37N3O/c1-4-6-15-28(16-7-5-2)17-8-9-19-30-24-14-10-13-23(20-24)25-21-29-18-11-12-22(3)26(29)27-25/h10-14,18,20-21H,4-9,15-17,19H2,1-3H3. The van der Waals surface area contributed by atoms with Crippen LogP contribution in [0.3, 0.4) is 0 Å². The number of benzene rings is 1. The zero-order chi connectivity index (χ0) is 21.2. The summed E-state index contributed by atoms with van der Waals surface area (Å²) in [6.07, 6.45) is 11.6. The molecular formula is C26H37N3O. The maximum atomic E-state index is 6.06. The van der Waals surface area contributed by atoms with Gasteiger partial charge in [-0.15, -0.1) is 0 Å². The predicted octanol–water partition coefficient (Wildman–Crippen LogP) is 6.37. The third kappa shape index (κ3) is 6.33. The van der Waals surface area contributed by atoms with E-state index in [1.54, 1.807) is 0 Å². The van der Waals surface area contributed by atoms with Crippen molar-refractivity contribution < 1.29 is 4.74 Å². The molecule has 4 heteroatoms. The number of unbranched alkanes of at least 4 members (excludes halogenated alkanes) is 3. The van der Waals surface area contributed by atoms with Gasteiger partial charge in [-0.1, -0.05) is 44.9 Å². The molecule has 4 nitrogen and oxygen atoms in total. The number of ether oxygens (including phenoxy) is 1. The van der Waals surface area contributed by atoms with E-state index in [-0.39, 0.29) is 0 Å². The number of aromatic nitrogens is 2. The van der Waals surface area contributed by atoms with Crippen LogP contribution in [0, 0.1) is 6.92 Å². The van der Waals surface area contributed by atoms with E-state index in [0.29, 0.717) is 0 Å². The maximum absolute atomic E-state index is 6.06. The first-order valence-corrected chi connectivity index (χ1v) is 11.6. The lowest BCUT2D eigenvalue weighted by atomic mass is 10.1. The number of nitrogens with zero attached hydrogens (tertiary/aromatic N) is 3. The molecule has 0 aliphatic rings. The Labute approximate surface area is 181 Å². The second-order valence-corrected chi connectivity index (χ2v) is 8.18. The fourth-order valence-corrected chi connectivity index (χ4v) is 3.76. The van der Waals surface area contributed by atoms with Crippen LogP contribution < -0.4 is 4.74 Å². The van der Waals surface area contributed by atoms with E-state index in [1.807, 2.05) is 12.3 Å². The van der Waals surface area contributed by atoms with Crippen LogP contribution >= 0.6 is 0 Å². The number of fused-ring (bicyclic) bond motifs is 1. The molecule has 0 bridgehead atoms. The number of rotatable bonds is 13. The number of hydrogen-bond acceptors (Lipinski definition) is 3. The van der Waals surface area contributed by atoms with Crippen molar-refractivity contribution in [1.82, 2.24) is 14.3 Å². The van der Waals surface area contributed by atoms with Crippen molar-refractivity contribution in [3.05, 3.63) is 54.4 Å². The Hall–Kier alpha value is -2.33. The Balaban J connectivity index is 1.50. The summed E-state index contributed by atoms with van der Waals surface area (Å²) in [5.41, 5.74) is 4.27. The van der Waals surface area contributed by atoms with Crippen molar-refractivity contribution in [1.29, 1.82) is 0 Å². The lowest BCUT2D eigenvalue weighted by Crippen LogP contribution is -2.27. The second kappa shape index (κ2) is 11.8. The van der Waals surface area contributed by atoms with Crippen LogP contribution in [-0.4, -0.2) is 40.5 Å². The minimum Gasteiger partial charge on any atom is -0.494 e. The number of aryl methyl sites for hydroxylation is 1. The first kappa shape index (κ1) is 22.4. The monoisotopic (exact) mass is 407 g/mol. The first-order valence-electron chi connectivity index (χ1n) is 11.6. The van der Waals surface area contributed by atoms with Crippen LogP contribution in [0.1, 0.15) is 57.9 Å². The average Bonchev–Trinajstić information content (AvgIpc) is 3.21. The molecular weight excluding hydrogens is 370 g/mol. The van der Waals surface area contributed by atoms with Crippen molar-refractivity contribution in [3.63, 3.8) is 0 Å². The highest BCUT2D eigenvalue weighted by Crippen LogP contribution is 2.24. The number of pyridine rings is 1. The van der Waals surface area contributed by atoms with Gasteiger partial charge in [0, 0.05) is 18.0 Å². The molecule has 0 radical (unpaired) electrons. The van der Waals surface area contributed by atoms with Crippen molar-refractivity contribution in [3.8, 4) is 17.0 Å². The van der Waals surface area contributed by atoms with Crippen LogP contribution in [-0.2, 0) is 0 Å². The van der Waals surface area contributed by atoms with E-state index in [2.05, 4.69) is 66.6 Å². The van der Waals surface area contributed by atoms with Gasteiger partial charge in [0.05, 0.1) is 12.3 Å². The largest absolute Gasteiger partial charge is 0.494 e. The number of hydrogen-bond donors (Lipinski definition) is 0. The molecule has 0 saturated carbocycles. The minimum absolute atomic E-state index is 0.767. The molecule has 30 heavy (non-hydrogen) atoms. The lowest BCUT2D eigenvalue weighted by molar-refractivity contribution is 0.244. The van der Waals surface area contributed by atoms with Crippen LogP contribution in [0.4, 0.5) is 0 Å². The van der Waals surface area contributed by atoms with Crippen LogP contribution in [0.15, 0.2) is 48.8 Å². The molecule has 0 N–H and O–H groups in total. The van der Waals surface area contributed by atoms with Gasteiger partial charge in [0.1, 0.15) is 11.4 Å². The molecule has 2 heterocycles. The zero-order valence-electron chi connectivity index (χ0n) is 18.9. The Morgan fingerprint density at radius 2 is 1.70 bits per heavy atom. The summed E-state index contributed by atoms with van der Waals surface area (Å²) in [6, 6.07) is 12.4. The van der Waals surface area contributed by atoms with E-state index in [1.165, 1.54) is 57.3 Å². The lowest BCUT2D eigenvalue weighted by Gasteiger charge is -2.21. The molecule has 0 aliphatic heterocycles. The average molecular weight is 408 g/mol. The van der Waals surface area contributed by atoms with E-state index in [9.17, 15) is 0 Å². The highest BCUT2D eigenvalue weighted by molar-refractivity contribution is 5.65. The van der Waals surface area contributed by atoms with Gasteiger partial charge >= 0.3 is 0 Å². The van der Waals surface area contributed by atoms with Gasteiger partial charge in [0.25, 0.3) is 0 Å². The van der Waals surface area contributed by atoms with Gasteiger partial charge in [0.15, 0.2) is 0 Å². The minimum atomic E-state index is 0.767. The quantitative estimate of drug-likeness (QED) is 0.308. The fraction of sp³-hybridized carbons (Fsp3) is 0.500. The molecule has 1 aromatic carbocycles. The normalized spacial score (nSPS) is 11.5. The van der Waals surface area contributed by atoms with E-state index in [4.69, 9.17) is 9.72 Å². The Bertz CT molecular complexity index is 894. The van der Waals surface area contributed by atoms with Gasteiger partial charge in [-0.25, -0.2) is 4.98 Å². The van der Waals surface area contributed by atoms with Crippen LogP contribution in [0.2, 0.25) is 0 Å². The summed E-state index contributed by atoms with van der Waals surface area (Å²) >= 11 is 0. The summed E-state index contributed by atoms with van der Waals surface area (Å²) < 4.78 is 8.14. The highest BCUT2D eigenvalue weighted by Gasteiger charge is 2.08. The molecule has 2 aromatic heterocycles. The summed E-state index contributed by atoms with van der Waals surface area (Å²) in [6.45, 7) is 11.1. The fourth-order valence-electron chi connectivity index (χ4n) is 3.76. The van der Waals surface area contributed by atoms with Crippen LogP contribution in [0.25, 0.3) is 16.9 Å². The Morgan fingerprint density at radius 1 is 0.933 bits per heavy atom. The molecule has 3 rings (SSSR count). The van der Waals surface area contributed by atoms with Crippen molar-refractivity contribution in [2.24, 2.45) is 0 Å². The topological polar surface area (TPSA) is 29.8 Å². The number of imidazole rings is 1. The van der Waals surface area contributed by atoms with Crippen molar-refractivity contribution >= 4 is 5.65 Å². The Morgan fingerprint density at radius 3 is 2.43 bits per heavy atom. The zero-order valence-corrected chi connectivity index (χ0v) is 18.9. The van der Waals surface area contributed by atoms with Gasteiger partial charge in [0.2, 0.25) is 0 Å². The summed E-state index contributed by atoms with van der Waals surface area (Å²) in [4.78, 5) is 7.43. The molecule has 0 unspecified atom stereocenters. The van der Waals surface area contributed by atoms with Crippen molar-refractivity contribution in [2.75, 3.05) is 26.2 Å². The SMILES string of the molecule is CCCCN(CCCC)CCCCOc1cccc(-c2cn3cccc(C)c3n2)c1. The molecule has 162 valence electrons. The van der Waals surface area contributed by atoms with E-state index >= 15 is 0 Å². The van der Waals surface area contributed by atoms with E-state index < -0.39 is 0 Å². The summed E-state index contributed by atoms with van der Waals surface area (Å²) in [5, 5.41) is 0. The molecule has 0 aliphatic carbocycles. The highest BCUT2D eigenvalue weighted by atomic mass is 16.5. The van der Waals surface area contributed by atoms with Gasteiger partial charge in [-0.3, -0.25) is 0 Å². The summed E-state index contributed by atoms with van der Waals surface area (Å²) in [5.74, 6) is 0.926. The van der Waals surface area contributed by atoms with Gasteiger partial charge in [-0.05, 0) is 76.0 Å². The Kier molecular flexibility index (Phi) is 8.76. The molecule has 0 amide bonds. The first-order chi connectivity index (χ1) is 14.7.